The Hall–Kier alpha value is -2.38. The van der Waals surface area contributed by atoms with E-state index in [0.717, 1.165) is 42.7 Å². The molecule has 8 heteroatoms. The van der Waals surface area contributed by atoms with Crippen molar-refractivity contribution in [3.05, 3.63) is 46.4 Å². The van der Waals surface area contributed by atoms with Crippen LogP contribution < -0.4 is 10.6 Å². The summed E-state index contributed by atoms with van der Waals surface area (Å²) in [6.07, 6.45) is 2.03. The topological polar surface area (TPSA) is 87.6 Å². The van der Waals surface area contributed by atoms with E-state index in [-0.39, 0.29) is 18.3 Å². The van der Waals surface area contributed by atoms with Crippen LogP contribution in [0.3, 0.4) is 0 Å². The molecule has 3 heterocycles. The molecular weight excluding hydrogens is 376 g/mol. The van der Waals surface area contributed by atoms with Crippen LogP contribution in [0.15, 0.2) is 18.2 Å². The van der Waals surface area contributed by atoms with Crippen molar-refractivity contribution in [1.29, 1.82) is 0 Å². The molecule has 150 valence electrons. The van der Waals surface area contributed by atoms with E-state index in [2.05, 4.69) is 51.9 Å². The SMILES string of the molecule is Cc1[nH]c2ccc(CNC(=O)c3nnn(C4CCNCC4)c3C)cc2c1C.Cl. The van der Waals surface area contributed by atoms with E-state index in [4.69, 9.17) is 0 Å². The van der Waals surface area contributed by atoms with E-state index in [1.165, 1.54) is 16.6 Å². The first-order valence-electron chi connectivity index (χ1n) is 9.53. The first-order valence-corrected chi connectivity index (χ1v) is 9.53. The van der Waals surface area contributed by atoms with Gasteiger partial charge in [-0.2, -0.15) is 0 Å². The normalized spacial score (nSPS) is 14.8. The first kappa shape index (κ1) is 20.4. The summed E-state index contributed by atoms with van der Waals surface area (Å²) < 4.78 is 1.91. The van der Waals surface area contributed by atoms with Gasteiger partial charge < -0.3 is 15.6 Å². The number of nitrogens with one attached hydrogen (secondary N) is 3. The number of piperidine rings is 1. The highest BCUT2D eigenvalue weighted by atomic mass is 35.5. The molecule has 4 rings (SSSR count). The number of rotatable bonds is 4. The van der Waals surface area contributed by atoms with Gasteiger partial charge >= 0.3 is 0 Å². The molecule has 3 aromatic rings. The standard InChI is InChI=1S/C20H26N6O.ClH/c1-12-13(2)23-18-5-4-15(10-17(12)18)11-22-20(27)19-14(3)26(25-24-19)16-6-8-21-9-7-16;/h4-5,10,16,21,23H,6-9,11H2,1-3H3,(H,22,27);1H. The van der Waals surface area contributed by atoms with Gasteiger partial charge in [0.15, 0.2) is 5.69 Å². The van der Waals surface area contributed by atoms with Crippen molar-refractivity contribution in [3.8, 4) is 0 Å². The average molecular weight is 403 g/mol. The Labute approximate surface area is 170 Å². The van der Waals surface area contributed by atoms with Crippen LogP contribution in [0.5, 0.6) is 0 Å². The zero-order valence-electron chi connectivity index (χ0n) is 16.5. The van der Waals surface area contributed by atoms with Gasteiger partial charge in [0.05, 0.1) is 11.7 Å². The third-order valence-corrected chi connectivity index (χ3v) is 5.62. The van der Waals surface area contributed by atoms with Crippen molar-refractivity contribution in [2.24, 2.45) is 0 Å². The maximum Gasteiger partial charge on any atom is 0.274 e. The highest BCUT2D eigenvalue weighted by Crippen LogP contribution is 2.23. The number of aromatic nitrogens is 4. The fourth-order valence-corrected chi connectivity index (χ4v) is 3.83. The highest BCUT2D eigenvalue weighted by molar-refractivity contribution is 5.93. The van der Waals surface area contributed by atoms with Crippen LogP contribution in [0.2, 0.25) is 0 Å². The molecule has 7 nitrogen and oxygen atoms in total. The lowest BCUT2D eigenvalue weighted by atomic mass is 10.1. The van der Waals surface area contributed by atoms with Crippen LogP contribution >= 0.6 is 12.4 Å². The second kappa shape index (κ2) is 8.32. The number of benzene rings is 1. The summed E-state index contributed by atoms with van der Waals surface area (Å²) in [4.78, 5) is 16.0. The van der Waals surface area contributed by atoms with Crippen LogP contribution in [0.4, 0.5) is 0 Å². The van der Waals surface area contributed by atoms with E-state index in [1.54, 1.807) is 0 Å². The predicted octanol–water partition coefficient (Wildman–Crippen LogP) is 2.96. The number of H-pyrrole nitrogens is 1. The molecule has 0 bridgehead atoms. The predicted molar refractivity (Wildman–Crippen MR) is 112 cm³/mol. The van der Waals surface area contributed by atoms with Gasteiger partial charge in [0.25, 0.3) is 5.91 Å². The number of carbonyl (C=O) groups is 1. The summed E-state index contributed by atoms with van der Waals surface area (Å²) in [5.41, 5.74) is 5.88. The van der Waals surface area contributed by atoms with E-state index in [9.17, 15) is 4.79 Å². The maximum absolute atomic E-state index is 12.6. The molecule has 0 radical (unpaired) electrons. The van der Waals surface area contributed by atoms with Crippen LogP contribution in [-0.4, -0.2) is 39.0 Å². The lowest BCUT2D eigenvalue weighted by Crippen LogP contribution is -2.30. The largest absolute Gasteiger partial charge is 0.358 e. The van der Waals surface area contributed by atoms with Gasteiger partial charge in [-0.25, -0.2) is 4.68 Å². The van der Waals surface area contributed by atoms with Crippen molar-refractivity contribution in [3.63, 3.8) is 0 Å². The molecular formula is C20H27ClN6O. The zero-order valence-corrected chi connectivity index (χ0v) is 17.3. The van der Waals surface area contributed by atoms with E-state index in [1.807, 2.05) is 17.7 Å². The van der Waals surface area contributed by atoms with Crippen molar-refractivity contribution in [2.75, 3.05) is 13.1 Å². The molecule has 1 fully saturated rings. The summed E-state index contributed by atoms with van der Waals surface area (Å²) in [7, 11) is 0. The minimum absolute atomic E-state index is 0. The van der Waals surface area contributed by atoms with Crippen LogP contribution in [-0.2, 0) is 6.54 Å². The minimum atomic E-state index is -0.172. The Morgan fingerprint density at radius 1 is 1.25 bits per heavy atom. The van der Waals surface area contributed by atoms with Gasteiger partial charge in [-0.15, -0.1) is 17.5 Å². The number of aryl methyl sites for hydroxylation is 2. The van der Waals surface area contributed by atoms with Gasteiger partial charge in [-0.3, -0.25) is 4.79 Å². The molecule has 0 spiro atoms. The van der Waals surface area contributed by atoms with Gasteiger partial charge in [0.1, 0.15) is 0 Å². The molecule has 1 amide bonds. The Bertz CT molecular complexity index is 986. The second-order valence-corrected chi connectivity index (χ2v) is 7.39. The van der Waals surface area contributed by atoms with Crippen LogP contribution in [0, 0.1) is 20.8 Å². The summed E-state index contributed by atoms with van der Waals surface area (Å²) in [5.74, 6) is -0.172. The van der Waals surface area contributed by atoms with Gasteiger partial charge in [0.2, 0.25) is 0 Å². The number of hydrogen-bond donors (Lipinski definition) is 3. The number of hydrogen-bond acceptors (Lipinski definition) is 4. The monoisotopic (exact) mass is 402 g/mol. The summed E-state index contributed by atoms with van der Waals surface area (Å²) in [6.45, 7) is 8.54. The zero-order chi connectivity index (χ0) is 19.0. The summed E-state index contributed by atoms with van der Waals surface area (Å²) in [6, 6.07) is 6.56. The number of carbonyl (C=O) groups excluding carboxylic acids is 1. The third-order valence-electron chi connectivity index (χ3n) is 5.62. The number of aromatic amines is 1. The molecule has 3 N–H and O–H groups in total. The van der Waals surface area contributed by atoms with Gasteiger partial charge in [-0.05, 0) is 70.0 Å². The highest BCUT2D eigenvalue weighted by Gasteiger charge is 2.22. The van der Waals surface area contributed by atoms with E-state index >= 15 is 0 Å². The Morgan fingerprint density at radius 2 is 2.00 bits per heavy atom. The number of nitrogens with zero attached hydrogens (tertiary/aromatic N) is 3. The maximum atomic E-state index is 12.6. The molecule has 1 aromatic carbocycles. The van der Waals surface area contributed by atoms with Gasteiger partial charge in [0, 0.05) is 23.1 Å². The lowest BCUT2D eigenvalue weighted by Gasteiger charge is -2.23. The molecule has 28 heavy (non-hydrogen) atoms. The molecule has 2 aromatic heterocycles. The molecule has 1 aliphatic rings. The quantitative estimate of drug-likeness (QED) is 0.626. The molecule has 0 aliphatic carbocycles. The average Bonchev–Trinajstić information content (AvgIpc) is 3.20. The van der Waals surface area contributed by atoms with E-state index < -0.39 is 0 Å². The molecule has 1 aliphatic heterocycles. The first-order chi connectivity index (χ1) is 13.0. The molecule has 0 saturated carbocycles. The number of halogens is 1. The third kappa shape index (κ3) is 3.77. The Kier molecular flexibility index (Phi) is 6.05. The summed E-state index contributed by atoms with van der Waals surface area (Å²) >= 11 is 0. The second-order valence-electron chi connectivity index (χ2n) is 7.39. The molecule has 1 saturated heterocycles. The fraction of sp³-hybridized carbons (Fsp3) is 0.450. The van der Waals surface area contributed by atoms with Crippen LogP contribution in [0.1, 0.15) is 51.9 Å². The van der Waals surface area contributed by atoms with E-state index in [0.29, 0.717) is 18.3 Å². The Morgan fingerprint density at radius 3 is 2.75 bits per heavy atom. The van der Waals surface area contributed by atoms with Gasteiger partial charge in [-0.1, -0.05) is 11.3 Å². The minimum Gasteiger partial charge on any atom is -0.358 e. The summed E-state index contributed by atoms with van der Waals surface area (Å²) in [5, 5.41) is 15.9. The van der Waals surface area contributed by atoms with Crippen molar-refractivity contribution < 1.29 is 4.79 Å². The van der Waals surface area contributed by atoms with Crippen molar-refractivity contribution >= 4 is 29.2 Å². The molecule has 0 unspecified atom stereocenters. The van der Waals surface area contributed by atoms with Crippen molar-refractivity contribution in [1.82, 2.24) is 30.6 Å². The fourth-order valence-electron chi connectivity index (χ4n) is 3.83. The Balaban J connectivity index is 0.00000225. The molecule has 0 atom stereocenters. The number of fused-ring (bicyclic) bond motifs is 1. The van der Waals surface area contributed by atoms with Crippen LogP contribution in [0.25, 0.3) is 10.9 Å². The smallest absolute Gasteiger partial charge is 0.274 e. The van der Waals surface area contributed by atoms with Crippen molar-refractivity contribution in [2.45, 2.75) is 46.2 Å². The number of amides is 1. The lowest BCUT2D eigenvalue weighted by molar-refractivity contribution is 0.0945.